The molecule has 0 N–H and O–H groups in total. The second-order valence-corrected chi connectivity index (χ2v) is 11.1. The van der Waals surface area contributed by atoms with Crippen molar-refractivity contribution in [3.8, 4) is 6.07 Å². The van der Waals surface area contributed by atoms with E-state index in [0.29, 0.717) is 11.6 Å². The summed E-state index contributed by atoms with van der Waals surface area (Å²) in [5.41, 5.74) is 1.40. The molecule has 4 aliphatic carbocycles. The molecule has 3 atom stereocenters. The molecule has 5 aliphatic rings. The lowest BCUT2D eigenvalue weighted by atomic mass is 9.49. The van der Waals surface area contributed by atoms with E-state index in [1.807, 2.05) is 13.8 Å². The molecule has 0 aromatic carbocycles. The van der Waals surface area contributed by atoms with Gasteiger partial charge in [-0.2, -0.15) is 5.26 Å². The van der Waals surface area contributed by atoms with Gasteiger partial charge in [0.2, 0.25) is 0 Å². The maximum atomic E-state index is 13.0. The van der Waals surface area contributed by atoms with E-state index >= 15 is 0 Å². The molecule has 29 heavy (non-hydrogen) atoms. The van der Waals surface area contributed by atoms with Gasteiger partial charge in [0.1, 0.15) is 5.01 Å². The third kappa shape index (κ3) is 3.66. The SMILES string of the molecule is C[C@@H]1CN(CC(=O)[C@H](C#N)c2nc(C34CC5CC(CC(C5)C3)C4)cs2)C[C@@H](C)O1. The van der Waals surface area contributed by atoms with Gasteiger partial charge >= 0.3 is 0 Å². The van der Waals surface area contributed by atoms with E-state index in [1.54, 1.807) is 0 Å². The summed E-state index contributed by atoms with van der Waals surface area (Å²) >= 11 is 1.52. The van der Waals surface area contributed by atoms with Crippen LogP contribution in [0.4, 0.5) is 0 Å². The quantitative estimate of drug-likeness (QED) is 0.732. The molecule has 0 amide bonds. The molecule has 0 unspecified atom stereocenters. The zero-order chi connectivity index (χ0) is 20.2. The van der Waals surface area contributed by atoms with Crippen LogP contribution in [-0.4, -0.2) is 47.5 Å². The summed E-state index contributed by atoms with van der Waals surface area (Å²) in [6.07, 6.45) is 8.25. The van der Waals surface area contributed by atoms with Crippen LogP contribution in [0, 0.1) is 29.1 Å². The molecular weight excluding hydrogens is 382 g/mol. The van der Waals surface area contributed by atoms with E-state index in [-0.39, 0.29) is 23.4 Å². The predicted octanol–water partition coefficient (Wildman–Crippen LogP) is 3.90. The smallest absolute Gasteiger partial charge is 0.170 e. The first-order valence-corrected chi connectivity index (χ1v) is 12.1. The Labute approximate surface area is 177 Å². The normalized spacial score (nSPS) is 40.0. The van der Waals surface area contributed by atoms with Crippen molar-refractivity contribution in [3.05, 3.63) is 16.1 Å². The molecule has 0 spiro atoms. The molecule has 5 fully saturated rings. The number of Topliss-reactive ketones (excluding diaryl/α,β-unsaturated/α-hetero) is 1. The molecule has 156 valence electrons. The zero-order valence-corrected chi connectivity index (χ0v) is 18.3. The van der Waals surface area contributed by atoms with Crippen LogP contribution < -0.4 is 0 Å². The monoisotopic (exact) mass is 413 g/mol. The Morgan fingerprint density at radius 1 is 1.24 bits per heavy atom. The third-order valence-corrected chi connectivity index (χ3v) is 8.59. The Kier molecular flexibility index (Phi) is 5.04. The summed E-state index contributed by atoms with van der Waals surface area (Å²) in [5.74, 6) is 1.83. The van der Waals surface area contributed by atoms with Crippen LogP contribution in [0.5, 0.6) is 0 Å². The number of morpholine rings is 1. The summed E-state index contributed by atoms with van der Waals surface area (Å²) in [7, 11) is 0. The Balaban J connectivity index is 1.31. The van der Waals surface area contributed by atoms with Gasteiger partial charge in [-0.1, -0.05) is 0 Å². The fourth-order valence-electron chi connectivity index (χ4n) is 7.08. The summed E-state index contributed by atoms with van der Waals surface area (Å²) in [4.78, 5) is 20.0. The maximum absolute atomic E-state index is 13.0. The molecule has 4 saturated carbocycles. The molecule has 1 saturated heterocycles. The lowest BCUT2D eigenvalue weighted by Crippen LogP contribution is -2.48. The number of aromatic nitrogens is 1. The number of nitriles is 1. The first-order valence-electron chi connectivity index (χ1n) is 11.2. The topological polar surface area (TPSA) is 66.2 Å². The number of ketones is 1. The van der Waals surface area contributed by atoms with Crippen molar-refractivity contribution in [1.82, 2.24) is 9.88 Å². The number of nitrogens with zero attached hydrogens (tertiary/aromatic N) is 3. The molecular formula is C23H31N3O2S. The van der Waals surface area contributed by atoms with Gasteiger partial charge < -0.3 is 4.74 Å². The molecule has 6 rings (SSSR count). The van der Waals surface area contributed by atoms with Gasteiger partial charge in [0.25, 0.3) is 0 Å². The average molecular weight is 414 g/mol. The van der Waals surface area contributed by atoms with Crippen LogP contribution in [-0.2, 0) is 14.9 Å². The summed E-state index contributed by atoms with van der Waals surface area (Å²) < 4.78 is 5.76. The molecule has 5 nitrogen and oxygen atoms in total. The van der Waals surface area contributed by atoms with Crippen molar-refractivity contribution in [2.45, 2.75) is 75.9 Å². The molecule has 1 aromatic rings. The number of rotatable bonds is 5. The first-order chi connectivity index (χ1) is 13.9. The number of thiazole rings is 1. The van der Waals surface area contributed by atoms with Crippen molar-refractivity contribution in [1.29, 1.82) is 5.26 Å². The van der Waals surface area contributed by atoms with Crippen molar-refractivity contribution < 1.29 is 9.53 Å². The van der Waals surface area contributed by atoms with Crippen LogP contribution in [0.25, 0.3) is 0 Å². The number of hydrogen-bond donors (Lipinski definition) is 0. The van der Waals surface area contributed by atoms with Crippen LogP contribution in [0.2, 0.25) is 0 Å². The number of ether oxygens (including phenoxy) is 1. The van der Waals surface area contributed by atoms with E-state index in [9.17, 15) is 10.1 Å². The van der Waals surface area contributed by atoms with Crippen LogP contribution >= 0.6 is 11.3 Å². The van der Waals surface area contributed by atoms with E-state index in [1.165, 1.54) is 55.6 Å². The molecule has 4 bridgehead atoms. The van der Waals surface area contributed by atoms with E-state index in [0.717, 1.165) is 30.8 Å². The van der Waals surface area contributed by atoms with Crippen molar-refractivity contribution in [3.63, 3.8) is 0 Å². The minimum absolute atomic E-state index is 0.0276. The highest BCUT2D eigenvalue weighted by Crippen LogP contribution is 2.60. The van der Waals surface area contributed by atoms with Crippen LogP contribution in [0.15, 0.2) is 5.38 Å². The van der Waals surface area contributed by atoms with Gasteiger partial charge in [0, 0.05) is 23.9 Å². The summed E-state index contributed by atoms with van der Waals surface area (Å²) in [6, 6.07) is 2.26. The Morgan fingerprint density at radius 2 is 1.83 bits per heavy atom. The highest BCUT2D eigenvalue weighted by Gasteiger charge is 2.52. The largest absolute Gasteiger partial charge is 0.373 e. The Hall–Kier alpha value is -1.29. The zero-order valence-electron chi connectivity index (χ0n) is 17.5. The fraction of sp³-hybridized carbons (Fsp3) is 0.783. The lowest BCUT2D eigenvalue weighted by molar-refractivity contribution is -0.124. The fourth-order valence-corrected chi connectivity index (χ4v) is 8.08. The number of hydrogen-bond acceptors (Lipinski definition) is 6. The third-order valence-electron chi connectivity index (χ3n) is 7.68. The van der Waals surface area contributed by atoms with E-state index in [2.05, 4.69) is 16.3 Å². The Morgan fingerprint density at radius 3 is 2.38 bits per heavy atom. The van der Waals surface area contributed by atoms with Gasteiger partial charge in [-0.15, -0.1) is 11.3 Å². The Bertz CT molecular complexity index is 783. The maximum Gasteiger partial charge on any atom is 0.170 e. The second kappa shape index (κ2) is 7.44. The molecule has 2 heterocycles. The van der Waals surface area contributed by atoms with Crippen LogP contribution in [0.3, 0.4) is 0 Å². The molecule has 1 aromatic heterocycles. The van der Waals surface area contributed by atoms with Gasteiger partial charge in [0.05, 0.1) is 30.5 Å². The van der Waals surface area contributed by atoms with Crippen molar-refractivity contribution in [2.75, 3.05) is 19.6 Å². The van der Waals surface area contributed by atoms with Crippen molar-refractivity contribution >= 4 is 17.1 Å². The lowest BCUT2D eigenvalue weighted by Gasteiger charge is -2.56. The van der Waals surface area contributed by atoms with Crippen LogP contribution in [0.1, 0.15) is 69.0 Å². The highest BCUT2D eigenvalue weighted by atomic mass is 32.1. The summed E-state index contributed by atoms with van der Waals surface area (Å²) in [5, 5.41) is 12.7. The summed E-state index contributed by atoms with van der Waals surface area (Å²) in [6.45, 7) is 5.86. The van der Waals surface area contributed by atoms with Gasteiger partial charge in [-0.25, -0.2) is 4.98 Å². The first kappa shape index (κ1) is 19.7. The van der Waals surface area contributed by atoms with Gasteiger partial charge in [-0.3, -0.25) is 9.69 Å². The molecule has 6 heteroatoms. The van der Waals surface area contributed by atoms with Gasteiger partial charge in [0.15, 0.2) is 11.7 Å². The van der Waals surface area contributed by atoms with E-state index in [4.69, 9.17) is 9.72 Å². The molecule has 1 aliphatic heterocycles. The standard InChI is InChI=1S/C23H31N3O2S/c1-14-10-26(11-15(2)28-14)12-20(27)19(9-24)22-25-21(13-29-22)23-6-16-3-17(7-23)5-18(4-16)8-23/h13-19H,3-8,10-12H2,1-2H3/t14-,15-,16?,17?,18?,19+,23?/m1/s1. The predicted molar refractivity (Wildman–Crippen MR) is 112 cm³/mol. The number of carbonyl (C=O) groups excluding carboxylic acids is 1. The minimum Gasteiger partial charge on any atom is -0.373 e. The van der Waals surface area contributed by atoms with Crippen molar-refractivity contribution in [2.24, 2.45) is 17.8 Å². The number of carbonyl (C=O) groups is 1. The highest BCUT2D eigenvalue weighted by molar-refractivity contribution is 7.10. The van der Waals surface area contributed by atoms with Gasteiger partial charge in [-0.05, 0) is 70.1 Å². The molecule has 0 radical (unpaired) electrons. The second-order valence-electron chi connectivity index (χ2n) is 10.2. The minimum atomic E-state index is -0.740. The van der Waals surface area contributed by atoms with E-state index < -0.39 is 5.92 Å². The average Bonchev–Trinajstić information content (AvgIpc) is 3.11.